The zero-order valence-corrected chi connectivity index (χ0v) is 10.5. The maximum atomic E-state index is 8.72. The summed E-state index contributed by atoms with van der Waals surface area (Å²) < 4.78 is 5.46. The highest BCUT2D eigenvalue weighted by Crippen LogP contribution is 2.32. The maximum absolute atomic E-state index is 8.72. The van der Waals surface area contributed by atoms with E-state index in [4.69, 9.17) is 38.9 Å². The second-order valence-electron chi connectivity index (χ2n) is 3.41. The van der Waals surface area contributed by atoms with Crippen LogP contribution in [0.2, 0.25) is 10.0 Å². The van der Waals surface area contributed by atoms with E-state index < -0.39 is 0 Å². The summed E-state index contributed by atoms with van der Waals surface area (Å²) in [5.74, 6) is 0.586. The van der Waals surface area contributed by atoms with E-state index >= 15 is 0 Å². The van der Waals surface area contributed by atoms with Gasteiger partial charge in [0.25, 0.3) is 0 Å². The van der Waals surface area contributed by atoms with Gasteiger partial charge in [-0.15, -0.1) is 0 Å². The van der Waals surface area contributed by atoms with Gasteiger partial charge in [-0.05, 0) is 24.3 Å². The topological polar surface area (TPSA) is 71.9 Å². The van der Waals surface area contributed by atoms with E-state index in [1.165, 1.54) is 18.3 Å². The Morgan fingerprint density at radius 3 is 2.67 bits per heavy atom. The number of nitrogens with zero attached hydrogens (tertiary/aromatic N) is 2. The average molecular weight is 280 g/mol. The molecule has 0 fully saturated rings. The maximum Gasteiger partial charge on any atom is 0.238 e. The summed E-state index contributed by atoms with van der Waals surface area (Å²) >= 11 is 11.7. The lowest BCUT2D eigenvalue weighted by atomic mass is 10.2. The van der Waals surface area contributed by atoms with Crippen LogP contribution in [0.15, 0.2) is 30.5 Å². The van der Waals surface area contributed by atoms with Gasteiger partial charge in [-0.2, -0.15) is 5.26 Å². The van der Waals surface area contributed by atoms with Crippen LogP contribution < -0.4 is 10.5 Å². The van der Waals surface area contributed by atoms with Crippen molar-refractivity contribution in [2.75, 3.05) is 5.73 Å². The fraction of sp³-hybridized carbons (Fsp3) is 0. The summed E-state index contributed by atoms with van der Waals surface area (Å²) in [6.07, 6.45) is 1.42. The third-order valence-electron chi connectivity index (χ3n) is 2.12. The molecule has 1 aromatic carbocycles. The zero-order valence-electron chi connectivity index (χ0n) is 9.02. The molecule has 0 aliphatic rings. The minimum absolute atomic E-state index is 0.206. The predicted molar refractivity (Wildman–Crippen MR) is 69.9 cm³/mol. The van der Waals surface area contributed by atoms with Crippen molar-refractivity contribution in [2.24, 2.45) is 0 Å². The molecular weight excluding hydrogens is 273 g/mol. The Bertz CT molecular complexity index is 638. The average Bonchev–Trinajstić information content (AvgIpc) is 2.34. The number of pyridine rings is 1. The highest BCUT2D eigenvalue weighted by Gasteiger charge is 2.08. The van der Waals surface area contributed by atoms with Crippen molar-refractivity contribution in [3.8, 4) is 17.7 Å². The lowest BCUT2D eigenvalue weighted by Crippen LogP contribution is -1.95. The van der Waals surface area contributed by atoms with Crippen LogP contribution in [0.25, 0.3) is 0 Å². The number of aromatic nitrogens is 1. The van der Waals surface area contributed by atoms with E-state index in [9.17, 15) is 0 Å². The van der Waals surface area contributed by atoms with Crippen molar-refractivity contribution in [3.05, 3.63) is 46.1 Å². The first-order valence-electron chi connectivity index (χ1n) is 4.88. The number of benzene rings is 1. The van der Waals surface area contributed by atoms with E-state index in [1.807, 2.05) is 6.07 Å². The van der Waals surface area contributed by atoms with Gasteiger partial charge in [0.15, 0.2) is 5.75 Å². The van der Waals surface area contributed by atoms with Crippen LogP contribution in [0, 0.1) is 11.3 Å². The first kappa shape index (κ1) is 12.5. The molecule has 0 radical (unpaired) electrons. The summed E-state index contributed by atoms with van der Waals surface area (Å²) in [6, 6.07) is 8.19. The molecule has 2 aromatic rings. The van der Waals surface area contributed by atoms with Crippen molar-refractivity contribution >= 4 is 28.9 Å². The molecule has 90 valence electrons. The van der Waals surface area contributed by atoms with E-state index in [1.54, 1.807) is 12.1 Å². The van der Waals surface area contributed by atoms with Crippen molar-refractivity contribution in [2.45, 2.75) is 0 Å². The molecule has 4 nitrogen and oxygen atoms in total. The largest absolute Gasteiger partial charge is 0.435 e. The fourth-order valence-corrected chi connectivity index (χ4v) is 1.71. The van der Waals surface area contributed by atoms with E-state index in [0.29, 0.717) is 22.0 Å². The number of halogens is 2. The molecule has 0 saturated heterocycles. The highest BCUT2D eigenvalue weighted by atomic mass is 35.5. The summed E-state index contributed by atoms with van der Waals surface area (Å²) in [7, 11) is 0. The first-order chi connectivity index (χ1) is 8.60. The monoisotopic (exact) mass is 279 g/mol. The smallest absolute Gasteiger partial charge is 0.238 e. The van der Waals surface area contributed by atoms with Crippen molar-refractivity contribution in [1.29, 1.82) is 5.26 Å². The number of nitriles is 1. The summed E-state index contributed by atoms with van der Waals surface area (Å²) in [4.78, 5) is 3.95. The summed E-state index contributed by atoms with van der Waals surface area (Å²) in [5.41, 5.74) is 6.54. The van der Waals surface area contributed by atoms with Gasteiger partial charge in [0.05, 0.1) is 22.3 Å². The molecular formula is C12H7Cl2N3O. The van der Waals surface area contributed by atoms with E-state index in [-0.39, 0.29) is 10.9 Å². The van der Waals surface area contributed by atoms with Crippen LogP contribution in [0.1, 0.15) is 5.56 Å². The number of hydrogen-bond acceptors (Lipinski definition) is 4. The Labute approximate surface area is 114 Å². The first-order valence-corrected chi connectivity index (χ1v) is 5.64. The van der Waals surface area contributed by atoms with Gasteiger partial charge >= 0.3 is 0 Å². The third-order valence-corrected chi connectivity index (χ3v) is 2.60. The Hall–Kier alpha value is -1.96. The molecule has 0 atom stereocenters. The van der Waals surface area contributed by atoms with Crippen LogP contribution in [-0.4, -0.2) is 4.98 Å². The van der Waals surface area contributed by atoms with E-state index in [0.717, 1.165) is 0 Å². The molecule has 6 heteroatoms. The molecule has 0 unspecified atom stereocenters. The molecule has 0 aliphatic carbocycles. The van der Waals surface area contributed by atoms with Gasteiger partial charge < -0.3 is 10.5 Å². The number of rotatable bonds is 2. The lowest BCUT2D eigenvalue weighted by molar-refractivity contribution is 0.465. The lowest BCUT2D eigenvalue weighted by Gasteiger charge is -2.08. The number of hydrogen-bond donors (Lipinski definition) is 1. The third kappa shape index (κ3) is 2.65. The van der Waals surface area contributed by atoms with Gasteiger partial charge in [0.2, 0.25) is 5.88 Å². The molecule has 0 amide bonds. The predicted octanol–water partition coefficient (Wildman–Crippen LogP) is 3.63. The molecule has 18 heavy (non-hydrogen) atoms. The highest BCUT2D eigenvalue weighted by molar-refractivity contribution is 6.35. The number of nitrogen functional groups attached to an aromatic ring is 1. The number of ether oxygens (including phenoxy) is 1. The van der Waals surface area contributed by atoms with Crippen LogP contribution in [0.5, 0.6) is 11.6 Å². The Morgan fingerprint density at radius 2 is 2.06 bits per heavy atom. The van der Waals surface area contributed by atoms with Crippen molar-refractivity contribution < 1.29 is 4.74 Å². The van der Waals surface area contributed by atoms with Crippen molar-refractivity contribution in [3.63, 3.8) is 0 Å². The van der Waals surface area contributed by atoms with Gasteiger partial charge in [0, 0.05) is 6.20 Å². The van der Waals surface area contributed by atoms with E-state index in [2.05, 4.69) is 4.98 Å². The molecule has 0 spiro atoms. The molecule has 1 aromatic heterocycles. The number of nitrogens with two attached hydrogens (primary N) is 1. The van der Waals surface area contributed by atoms with Gasteiger partial charge in [-0.1, -0.05) is 23.2 Å². The Morgan fingerprint density at radius 1 is 1.28 bits per heavy atom. The second kappa shape index (κ2) is 5.13. The zero-order chi connectivity index (χ0) is 13.1. The summed E-state index contributed by atoms with van der Waals surface area (Å²) in [5, 5.41) is 9.42. The van der Waals surface area contributed by atoms with Crippen molar-refractivity contribution in [1.82, 2.24) is 4.98 Å². The quantitative estimate of drug-likeness (QED) is 0.852. The molecule has 0 bridgehead atoms. The van der Waals surface area contributed by atoms with Crippen LogP contribution in [-0.2, 0) is 0 Å². The van der Waals surface area contributed by atoms with Gasteiger partial charge in [-0.3, -0.25) is 0 Å². The summed E-state index contributed by atoms with van der Waals surface area (Å²) in [6.45, 7) is 0. The SMILES string of the molecule is N#Cc1ccc(Oc2ncc(Cl)cc2Cl)c(N)c1. The number of anilines is 1. The normalized spacial score (nSPS) is 9.83. The molecule has 2 N–H and O–H groups in total. The standard InChI is InChI=1S/C12H7Cl2N3O/c13-8-4-9(14)12(17-6-8)18-11-2-1-7(5-15)3-10(11)16/h1-4,6H,16H2. The Balaban J connectivity index is 2.32. The Kier molecular flexibility index (Phi) is 3.56. The molecule has 1 heterocycles. The molecule has 2 rings (SSSR count). The second-order valence-corrected chi connectivity index (χ2v) is 4.25. The minimum atomic E-state index is 0.206. The van der Waals surface area contributed by atoms with Gasteiger partial charge in [0.1, 0.15) is 5.02 Å². The van der Waals surface area contributed by atoms with Crippen LogP contribution >= 0.6 is 23.2 Å². The van der Waals surface area contributed by atoms with Gasteiger partial charge in [-0.25, -0.2) is 4.98 Å². The fourth-order valence-electron chi connectivity index (χ4n) is 1.29. The van der Waals surface area contributed by atoms with Crippen LogP contribution in [0.4, 0.5) is 5.69 Å². The van der Waals surface area contributed by atoms with Crippen LogP contribution in [0.3, 0.4) is 0 Å². The molecule has 0 aliphatic heterocycles. The minimum Gasteiger partial charge on any atom is -0.435 e. The molecule has 0 saturated carbocycles.